The van der Waals surface area contributed by atoms with Crippen LogP contribution in [0.15, 0.2) is 12.1 Å². The molecule has 0 atom stereocenters. The Bertz CT molecular complexity index is 698. The highest BCUT2D eigenvalue weighted by atomic mass is 35.5. The highest BCUT2D eigenvalue weighted by Gasteiger charge is 2.36. The molecule has 0 saturated carbocycles. The molecule has 1 aromatic rings. The van der Waals surface area contributed by atoms with Gasteiger partial charge in [0.25, 0.3) is 0 Å². The maximum absolute atomic E-state index is 13.5. The molecule has 6 nitrogen and oxygen atoms in total. The Labute approximate surface area is 134 Å². The molecule has 0 fully saturated rings. The van der Waals surface area contributed by atoms with Crippen molar-refractivity contribution < 1.29 is 40.4 Å². The summed E-state index contributed by atoms with van der Waals surface area (Å²) in [6, 6.07) is 2.30. The van der Waals surface area contributed by atoms with Crippen LogP contribution < -0.4 is 4.48 Å². The Kier molecular flexibility index (Phi) is 6.56. The predicted octanol–water partition coefficient (Wildman–Crippen LogP) is 2.43. The van der Waals surface area contributed by atoms with Gasteiger partial charge in [0.1, 0.15) is 0 Å². The summed E-state index contributed by atoms with van der Waals surface area (Å²) in [5, 5.41) is 8.78. The Morgan fingerprint density at radius 2 is 1.65 bits per heavy atom. The summed E-state index contributed by atoms with van der Waals surface area (Å²) in [5.74, 6) is -1.80. The Morgan fingerprint density at radius 1 is 1.26 bits per heavy atom. The Balaban J connectivity index is 0.000000515. The van der Waals surface area contributed by atoms with Gasteiger partial charge < -0.3 is 9.66 Å². The second-order valence-corrected chi connectivity index (χ2v) is 6.78. The van der Waals surface area contributed by atoms with Gasteiger partial charge in [-0.1, -0.05) is 11.6 Å². The highest BCUT2D eigenvalue weighted by molar-refractivity contribution is 7.86. The molecule has 0 bridgehead atoms. The fraction of sp³-hybridized carbons (Fsp3) is 0.364. The summed E-state index contributed by atoms with van der Waals surface area (Å²) in [5.41, 5.74) is -5.51. The van der Waals surface area contributed by atoms with E-state index in [9.17, 15) is 22.4 Å². The third-order valence-electron chi connectivity index (χ3n) is 2.27. The molecule has 23 heavy (non-hydrogen) atoms. The summed E-state index contributed by atoms with van der Waals surface area (Å²) in [7, 11) is -0.771. The third kappa shape index (κ3) is 6.29. The first kappa shape index (κ1) is 21.6. The van der Waals surface area contributed by atoms with Gasteiger partial charge in [0.05, 0.1) is 31.7 Å². The second kappa shape index (κ2) is 6.99. The number of aromatic carboxylic acids is 1. The van der Waals surface area contributed by atoms with E-state index < -0.39 is 27.4 Å². The number of benzene rings is 1. The Morgan fingerprint density at radius 3 is 1.91 bits per heavy atom. The van der Waals surface area contributed by atoms with E-state index in [-0.39, 0.29) is 15.1 Å². The van der Waals surface area contributed by atoms with Gasteiger partial charge in [-0.25, -0.2) is 17.6 Å². The van der Waals surface area contributed by atoms with Crippen LogP contribution in [0.25, 0.3) is 0 Å². The van der Waals surface area contributed by atoms with E-state index in [1.165, 1.54) is 6.07 Å². The second-order valence-electron chi connectivity index (χ2n) is 5.00. The molecule has 1 aromatic carbocycles. The lowest BCUT2D eigenvalue weighted by molar-refractivity contribution is -0.0517. The minimum atomic E-state index is -6.09. The van der Waals surface area contributed by atoms with Gasteiger partial charge in [-0.05, 0) is 6.07 Å². The number of rotatable bonds is 2. The lowest BCUT2D eigenvalue weighted by Gasteiger charge is -2.24. The maximum atomic E-state index is 13.5. The maximum Gasteiger partial charge on any atom is 0.485 e. The zero-order valence-electron chi connectivity index (χ0n) is 12.0. The highest BCUT2D eigenvalue weighted by Crippen LogP contribution is 2.28. The minimum absolute atomic E-state index is 0.0481. The van der Waals surface area contributed by atoms with Gasteiger partial charge in [0.15, 0.2) is 21.6 Å². The molecule has 0 aliphatic rings. The number of quaternary nitrogens is 1. The van der Waals surface area contributed by atoms with Gasteiger partial charge in [0.2, 0.25) is 0 Å². The normalized spacial score (nSPS) is 12.4. The van der Waals surface area contributed by atoms with E-state index in [4.69, 9.17) is 29.7 Å². The van der Waals surface area contributed by atoms with Gasteiger partial charge in [-0.3, -0.25) is 4.48 Å². The van der Waals surface area contributed by atoms with E-state index in [0.717, 1.165) is 6.07 Å². The van der Waals surface area contributed by atoms with Crippen molar-refractivity contribution in [2.24, 2.45) is 0 Å². The van der Waals surface area contributed by atoms with Gasteiger partial charge in [0, 0.05) is 6.07 Å². The van der Waals surface area contributed by atoms with Crippen LogP contribution in [0.5, 0.6) is 0 Å². The number of hydrogen-bond acceptors (Lipinski definition) is 4. The van der Waals surface area contributed by atoms with Crippen molar-refractivity contribution in [1.29, 1.82) is 0 Å². The van der Waals surface area contributed by atoms with Crippen molar-refractivity contribution in [3.63, 3.8) is 0 Å². The van der Waals surface area contributed by atoms with E-state index in [2.05, 4.69) is 0 Å². The number of alkyl halides is 3. The first-order chi connectivity index (χ1) is 9.98. The monoisotopic (exact) mass is 381 g/mol. The molecule has 12 heteroatoms. The average Bonchev–Trinajstić information content (AvgIpc) is 2.28. The molecule has 0 unspecified atom stereocenters. The molecule has 1 rings (SSSR count). The third-order valence-corrected chi connectivity index (χ3v) is 3.15. The fourth-order valence-electron chi connectivity index (χ4n) is 1.21. The predicted molar refractivity (Wildman–Crippen MR) is 73.7 cm³/mol. The lowest BCUT2D eigenvalue weighted by atomic mass is 10.1. The molecule has 0 saturated heterocycles. The summed E-state index contributed by atoms with van der Waals surface area (Å²) < 4.78 is 72.7. The molecule has 0 spiro atoms. The van der Waals surface area contributed by atoms with Crippen LogP contribution in [0, 0.1) is 5.82 Å². The van der Waals surface area contributed by atoms with Crippen molar-refractivity contribution in [3.8, 4) is 0 Å². The van der Waals surface area contributed by atoms with Gasteiger partial charge >= 0.3 is 11.5 Å². The van der Waals surface area contributed by atoms with Crippen molar-refractivity contribution in [2.45, 2.75) is 5.51 Å². The summed E-state index contributed by atoms with van der Waals surface area (Å²) >= 11 is 5.74. The average molecular weight is 382 g/mol. The summed E-state index contributed by atoms with van der Waals surface area (Å²) in [4.78, 5) is 10.7. The van der Waals surface area contributed by atoms with Crippen LogP contribution in [0.2, 0.25) is 5.02 Å². The van der Waals surface area contributed by atoms with Crippen LogP contribution in [0.3, 0.4) is 0 Å². The smallest absolute Gasteiger partial charge is 0.485 e. The van der Waals surface area contributed by atoms with Crippen LogP contribution >= 0.6 is 11.6 Å². The quantitative estimate of drug-likeness (QED) is 0.367. The largest absolute Gasteiger partial charge is 0.741 e. The van der Waals surface area contributed by atoms with Crippen molar-refractivity contribution in [2.75, 3.05) is 21.1 Å². The first-order valence-electron chi connectivity index (χ1n) is 5.55. The molecule has 0 aliphatic carbocycles. The summed E-state index contributed by atoms with van der Waals surface area (Å²) in [6.45, 7) is 0. The molecular formula is C11H12ClF4NO5S. The van der Waals surface area contributed by atoms with E-state index in [1.807, 2.05) is 0 Å². The number of carboxylic acid groups (broad SMARTS) is 1. The molecule has 132 valence electrons. The van der Waals surface area contributed by atoms with Gasteiger partial charge in [-0.2, -0.15) is 13.2 Å². The number of nitrogens with zero attached hydrogens (tertiary/aromatic N) is 1. The standard InChI is InChI=1S/C10H11ClFNO2.CHF3O3S/c1-13(2,3)9-5-7(11)6(10(14)15)4-8(9)12;2-1(3,4)8(5,6)7/h4-5H,1-3H3;(H,5,6,7). The zero-order chi connectivity index (χ0) is 18.8. The summed E-state index contributed by atoms with van der Waals surface area (Å²) in [6.07, 6.45) is 0. The van der Waals surface area contributed by atoms with E-state index >= 15 is 0 Å². The molecule has 0 aliphatic heterocycles. The fourth-order valence-corrected chi connectivity index (χ4v) is 1.45. The Hall–Kier alpha value is -1.43. The van der Waals surface area contributed by atoms with Crippen LogP contribution in [0.1, 0.15) is 10.4 Å². The topological polar surface area (TPSA) is 94.5 Å². The number of halogens is 5. The molecular weight excluding hydrogens is 370 g/mol. The number of carbonyl (C=O) groups is 1. The number of carboxylic acids is 1. The SMILES string of the molecule is C[N+](C)(C)c1cc(Cl)c(C(=O)O)cc1F.O=S(=O)([O-])C(F)(F)F. The van der Waals surface area contributed by atoms with Crippen molar-refractivity contribution >= 4 is 33.4 Å². The van der Waals surface area contributed by atoms with Crippen LogP contribution in [-0.4, -0.2) is 50.7 Å². The van der Waals surface area contributed by atoms with Crippen molar-refractivity contribution in [1.82, 2.24) is 4.48 Å². The molecule has 0 aromatic heterocycles. The van der Waals surface area contributed by atoms with Crippen LogP contribution in [-0.2, 0) is 10.1 Å². The molecule has 1 N–H and O–H groups in total. The lowest BCUT2D eigenvalue weighted by Crippen LogP contribution is -2.35. The molecule has 0 amide bonds. The molecule has 0 heterocycles. The van der Waals surface area contributed by atoms with E-state index in [1.54, 1.807) is 21.1 Å². The number of hydrogen-bond donors (Lipinski definition) is 1. The van der Waals surface area contributed by atoms with Gasteiger partial charge in [-0.15, -0.1) is 0 Å². The molecule has 0 radical (unpaired) electrons. The van der Waals surface area contributed by atoms with E-state index in [0.29, 0.717) is 5.69 Å². The van der Waals surface area contributed by atoms with Crippen LogP contribution in [0.4, 0.5) is 23.2 Å². The minimum Gasteiger partial charge on any atom is -0.741 e. The van der Waals surface area contributed by atoms with Crippen molar-refractivity contribution in [3.05, 3.63) is 28.5 Å². The zero-order valence-corrected chi connectivity index (χ0v) is 13.6. The first-order valence-corrected chi connectivity index (χ1v) is 7.33.